The lowest BCUT2D eigenvalue weighted by Gasteiger charge is -2.22. The molecule has 1 aliphatic rings. The summed E-state index contributed by atoms with van der Waals surface area (Å²) in [6.45, 7) is 5.63. The van der Waals surface area contributed by atoms with E-state index in [1.807, 2.05) is 45.2 Å². The summed E-state index contributed by atoms with van der Waals surface area (Å²) in [6, 6.07) is 8.04. The molecule has 1 N–H and O–H groups in total. The molecule has 136 valence electrons. The van der Waals surface area contributed by atoms with Gasteiger partial charge in [-0.3, -0.25) is 4.99 Å². The molecule has 0 unspecified atom stereocenters. The molecule has 1 aliphatic heterocycles. The number of guanidine groups is 1. The van der Waals surface area contributed by atoms with Gasteiger partial charge in [-0.25, -0.2) is 0 Å². The number of nitrogens with zero attached hydrogens (tertiary/aromatic N) is 2. The summed E-state index contributed by atoms with van der Waals surface area (Å²) in [5.74, 6) is 4.29. The lowest BCUT2D eigenvalue weighted by atomic mass is 10.2. The number of rotatable bonds is 4. The van der Waals surface area contributed by atoms with Gasteiger partial charge in [0.15, 0.2) is 17.5 Å². The van der Waals surface area contributed by atoms with Gasteiger partial charge < -0.3 is 24.1 Å². The molecular weight excluding hydrogens is 433 g/mol. The number of aryl methyl sites for hydroxylation is 2. The maximum absolute atomic E-state index is 5.56. The number of nitrogens with one attached hydrogen (secondary N) is 1. The normalized spacial score (nSPS) is 12.7. The average molecular weight is 457 g/mol. The largest absolute Gasteiger partial charge is 0.466 e. The third kappa shape index (κ3) is 4.59. The topological polar surface area (TPSA) is 59.2 Å². The van der Waals surface area contributed by atoms with E-state index in [0.717, 1.165) is 46.7 Å². The fraction of sp³-hybridized carbons (Fsp3) is 0.389. The molecule has 0 saturated heterocycles. The summed E-state index contributed by atoms with van der Waals surface area (Å²) in [5.41, 5.74) is 2.28. The fourth-order valence-corrected chi connectivity index (χ4v) is 2.81. The first-order valence-electron chi connectivity index (χ1n) is 7.93. The Labute approximate surface area is 165 Å². The number of hydrogen-bond acceptors (Lipinski definition) is 4. The van der Waals surface area contributed by atoms with Crippen LogP contribution >= 0.6 is 24.0 Å². The van der Waals surface area contributed by atoms with Gasteiger partial charge in [-0.15, -0.1) is 24.0 Å². The molecule has 6 nitrogen and oxygen atoms in total. The molecule has 1 aromatic carbocycles. The zero-order valence-electron chi connectivity index (χ0n) is 15.0. The third-order valence-electron chi connectivity index (χ3n) is 4.01. The Bertz CT molecular complexity index is 758. The van der Waals surface area contributed by atoms with E-state index in [0.29, 0.717) is 13.3 Å². The Balaban J connectivity index is 0.00000225. The average Bonchev–Trinajstić information content (AvgIpc) is 3.13. The van der Waals surface area contributed by atoms with Crippen molar-refractivity contribution in [2.45, 2.75) is 26.9 Å². The first-order valence-corrected chi connectivity index (χ1v) is 7.93. The van der Waals surface area contributed by atoms with E-state index in [1.165, 1.54) is 0 Å². The molecular formula is C18H24IN3O3. The van der Waals surface area contributed by atoms with Gasteiger partial charge in [-0.1, -0.05) is 6.07 Å². The van der Waals surface area contributed by atoms with Crippen LogP contribution in [0.2, 0.25) is 0 Å². The predicted molar refractivity (Wildman–Crippen MR) is 108 cm³/mol. The van der Waals surface area contributed by atoms with E-state index in [4.69, 9.17) is 13.9 Å². The van der Waals surface area contributed by atoms with Crippen LogP contribution in [0.3, 0.4) is 0 Å². The second-order valence-corrected chi connectivity index (χ2v) is 5.88. The van der Waals surface area contributed by atoms with Crippen molar-refractivity contribution in [3.8, 4) is 11.5 Å². The van der Waals surface area contributed by atoms with Crippen LogP contribution in [0.1, 0.15) is 22.6 Å². The molecule has 2 aromatic rings. The van der Waals surface area contributed by atoms with Crippen LogP contribution in [0.25, 0.3) is 0 Å². The van der Waals surface area contributed by atoms with Crippen LogP contribution in [0.15, 0.2) is 33.7 Å². The summed E-state index contributed by atoms with van der Waals surface area (Å²) in [7, 11) is 3.79. The minimum Gasteiger partial charge on any atom is -0.466 e. The van der Waals surface area contributed by atoms with Crippen molar-refractivity contribution in [3.05, 3.63) is 46.9 Å². The van der Waals surface area contributed by atoms with Crippen LogP contribution in [0.4, 0.5) is 0 Å². The van der Waals surface area contributed by atoms with Gasteiger partial charge in [0.05, 0.1) is 0 Å². The summed E-state index contributed by atoms with van der Waals surface area (Å²) in [5, 5.41) is 3.37. The lowest BCUT2D eigenvalue weighted by molar-refractivity contribution is 0.174. The van der Waals surface area contributed by atoms with Crippen LogP contribution in [-0.2, 0) is 13.1 Å². The maximum atomic E-state index is 5.56. The molecule has 0 atom stereocenters. The highest BCUT2D eigenvalue weighted by Crippen LogP contribution is 2.32. The van der Waals surface area contributed by atoms with Crippen molar-refractivity contribution in [1.82, 2.24) is 10.2 Å². The molecule has 0 fully saturated rings. The van der Waals surface area contributed by atoms with E-state index < -0.39 is 0 Å². The number of aliphatic imine (C=N–C) groups is 1. The molecule has 2 heterocycles. The zero-order valence-corrected chi connectivity index (χ0v) is 17.3. The monoisotopic (exact) mass is 457 g/mol. The quantitative estimate of drug-likeness (QED) is 0.433. The fourth-order valence-electron chi connectivity index (χ4n) is 2.81. The van der Waals surface area contributed by atoms with Gasteiger partial charge in [0.1, 0.15) is 11.5 Å². The first kappa shape index (κ1) is 19.4. The van der Waals surface area contributed by atoms with Crippen molar-refractivity contribution >= 4 is 29.9 Å². The minimum atomic E-state index is 0. The highest BCUT2D eigenvalue weighted by molar-refractivity contribution is 14.0. The Kier molecular flexibility index (Phi) is 6.57. The van der Waals surface area contributed by atoms with Crippen molar-refractivity contribution in [1.29, 1.82) is 0 Å². The summed E-state index contributed by atoms with van der Waals surface area (Å²) >= 11 is 0. The molecule has 0 bridgehead atoms. The summed E-state index contributed by atoms with van der Waals surface area (Å²) in [4.78, 5) is 6.42. The van der Waals surface area contributed by atoms with E-state index in [9.17, 15) is 0 Å². The van der Waals surface area contributed by atoms with Crippen LogP contribution in [-0.4, -0.2) is 31.7 Å². The van der Waals surface area contributed by atoms with Gasteiger partial charge in [0.25, 0.3) is 0 Å². The summed E-state index contributed by atoms with van der Waals surface area (Å²) < 4.78 is 16.3. The highest BCUT2D eigenvalue weighted by Gasteiger charge is 2.15. The predicted octanol–water partition coefficient (Wildman–Crippen LogP) is 3.45. The van der Waals surface area contributed by atoms with Crippen molar-refractivity contribution in [2.24, 2.45) is 4.99 Å². The van der Waals surface area contributed by atoms with E-state index >= 15 is 0 Å². The number of ether oxygens (including phenoxy) is 2. The molecule has 0 amide bonds. The van der Waals surface area contributed by atoms with E-state index in [2.05, 4.69) is 15.2 Å². The molecule has 3 rings (SSSR count). The molecule has 1 aromatic heterocycles. The maximum Gasteiger partial charge on any atom is 0.231 e. The third-order valence-corrected chi connectivity index (χ3v) is 4.01. The molecule has 0 spiro atoms. The van der Waals surface area contributed by atoms with Gasteiger partial charge in [-0.05, 0) is 37.6 Å². The van der Waals surface area contributed by atoms with Gasteiger partial charge in [0, 0.05) is 32.7 Å². The van der Waals surface area contributed by atoms with Gasteiger partial charge >= 0.3 is 0 Å². The molecule has 0 radical (unpaired) electrons. The van der Waals surface area contributed by atoms with Crippen molar-refractivity contribution in [3.63, 3.8) is 0 Å². The lowest BCUT2D eigenvalue weighted by Crippen LogP contribution is -2.38. The van der Waals surface area contributed by atoms with Crippen LogP contribution < -0.4 is 14.8 Å². The number of furan rings is 1. The SMILES string of the molecule is CN=C(NCc1cc(C)oc1C)N(C)Cc1ccc2c(c1)OCO2.I. The Morgan fingerprint density at radius 2 is 1.96 bits per heavy atom. The Morgan fingerprint density at radius 1 is 1.20 bits per heavy atom. The first-order chi connectivity index (χ1) is 11.6. The Hall–Kier alpha value is -1.90. The standard InChI is InChI=1S/C18H23N3O3.HI/c1-12-7-15(13(2)24-12)9-20-18(19-3)21(4)10-14-5-6-16-17(8-14)23-11-22-16;/h5-8H,9-11H2,1-4H3,(H,19,20);1H. The van der Waals surface area contributed by atoms with E-state index in [1.54, 1.807) is 7.05 Å². The molecule has 0 saturated carbocycles. The van der Waals surface area contributed by atoms with Crippen molar-refractivity contribution < 1.29 is 13.9 Å². The molecule has 25 heavy (non-hydrogen) atoms. The van der Waals surface area contributed by atoms with Crippen LogP contribution in [0.5, 0.6) is 11.5 Å². The van der Waals surface area contributed by atoms with Gasteiger partial charge in [0.2, 0.25) is 6.79 Å². The van der Waals surface area contributed by atoms with E-state index in [-0.39, 0.29) is 24.0 Å². The minimum absolute atomic E-state index is 0. The highest BCUT2D eigenvalue weighted by atomic mass is 127. The van der Waals surface area contributed by atoms with Crippen molar-refractivity contribution in [2.75, 3.05) is 20.9 Å². The number of benzene rings is 1. The Morgan fingerprint density at radius 3 is 2.64 bits per heavy atom. The molecule has 7 heteroatoms. The zero-order chi connectivity index (χ0) is 17.1. The second kappa shape index (κ2) is 8.46. The number of fused-ring (bicyclic) bond motifs is 1. The second-order valence-electron chi connectivity index (χ2n) is 5.88. The van der Waals surface area contributed by atoms with Gasteiger partial charge in [-0.2, -0.15) is 0 Å². The van der Waals surface area contributed by atoms with Crippen LogP contribution in [0, 0.1) is 13.8 Å². The molecule has 0 aliphatic carbocycles. The number of hydrogen-bond donors (Lipinski definition) is 1. The number of halogens is 1. The smallest absolute Gasteiger partial charge is 0.231 e. The summed E-state index contributed by atoms with van der Waals surface area (Å²) in [6.07, 6.45) is 0.